The first-order chi connectivity index (χ1) is 9.99. The van der Waals surface area contributed by atoms with Gasteiger partial charge < -0.3 is 0 Å². The van der Waals surface area contributed by atoms with Gasteiger partial charge in [-0.15, -0.1) is 0 Å². The van der Waals surface area contributed by atoms with Crippen molar-refractivity contribution in [3.8, 4) is 0 Å². The minimum atomic E-state index is -0.449. The Bertz CT molecular complexity index is 797. The summed E-state index contributed by atoms with van der Waals surface area (Å²) in [7, 11) is 0. The van der Waals surface area contributed by atoms with Crippen molar-refractivity contribution in [2.75, 3.05) is 5.43 Å². The lowest BCUT2D eigenvalue weighted by Crippen LogP contribution is -2.43. The summed E-state index contributed by atoms with van der Waals surface area (Å²) in [6, 6.07) is 8.56. The van der Waals surface area contributed by atoms with E-state index in [0.717, 1.165) is 4.68 Å². The van der Waals surface area contributed by atoms with Gasteiger partial charge in [0, 0.05) is 5.56 Å². The van der Waals surface area contributed by atoms with E-state index in [-0.39, 0.29) is 21.5 Å². The number of nitrogens with one attached hydrogen (secondary N) is 3. The Morgan fingerprint density at radius 3 is 2.67 bits per heavy atom. The predicted molar refractivity (Wildman–Crippen MR) is 84.3 cm³/mol. The van der Waals surface area contributed by atoms with Crippen LogP contribution < -0.4 is 16.3 Å². The van der Waals surface area contributed by atoms with Crippen LogP contribution in [0.3, 0.4) is 0 Å². The minimum absolute atomic E-state index is 0.0434. The van der Waals surface area contributed by atoms with Crippen LogP contribution in [0.2, 0.25) is 0 Å². The van der Waals surface area contributed by atoms with E-state index < -0.39 is 5.56 Å². The summed E-state index contributed by atoms with van der Waals surface area (Å²) in [4.78, 5) is 23.8. The summed E-state index contributed by atoms with van der Waals surface area (Å²) < 4.78 is 1.05. The molecule has 0 radical (unpaired) electrons. The van der Waals surface area contributed by atoms with Gasteiger partial charge in [0.25, 0.3) is 11.5 Å². The second kappa shape index (κ2) is 6.37. The number of thiocarbonyl (C=S) groups is 1. The van der Waals surface area contributed by atoms with Crippen molar-refractivity contribution >= 4 is 35.5 Å². The second-order valence-electron chi connectivity index (χ2n) is 4.02. The second-order valence-corrected chi connectivity index (χ2v) is 4.81. The summed E-state index contributed by atoms with van der Waals surface area (Å²) >= 11 is 9.93. The fourth-order valence-electron chi connectivity index (χ4n) is 1.48. The molecule has 0 saturated carbocycles. The zero-order valence-corrected chi connectivity index (χ0v) is 12.5. The molecule has 1 heterocycles. The molecular formula is C12H11N5O2S2. The smallest absolute Gasteiger partial charge is 0.294 e. The van der Waals surface area contributed by atoms with E-state index in [1.807, 2.05) is 0 Å². The summed E-state index contributed by atoms with van der Waals surface area (Å²) in [5, 5.41) is 8.63. The number of amides is 1. The zero-order valence-electron chi connectivity index (χ0n) is 10.9. The Hall–Kier alpha value is -2.39. The molecule has 3 N–H and O–H groups in total. The van der Waals surface area contributed by atoms with Crippen molar-refractivity contribution in [2.45, 2.75) is 6.92 Å². The van der Waals surface area contributed by atoms with Crippen LogP contribution in [0.15, 0.2) is 35.1 Å². The van der Waals surface area contributed by atoms with Crippen molar-refractivity contribution in [1.29, 1.82) is 0 Å². The molecule has 0 aliphatic rings. The highest BCUT2D eigenvalue weighted by atomic mass is 32.1. The number of H-pyrrole nitrogens is 1. The van der Waals surface area contributed by atoms with Crippen molar-refractivity contribution in [3.63, 3.8) is 0 Å². The molecule has 0 spiro atoms. The van der Waals surface area contributed by atoms with Crippen LogP contribution in [0.1, 0.15) is 16.1 Å². The van der Waals surface area contributed by atoms with Gasteiger partial charge in [-0.25, -0.2) is 0 Å². The van der Waals surface area contributed by atoms with E-state index in [0.29, 0.717) is 5.56 Å². The van der Waals surface area contributed by atoms with Gasteiger partial charge in [-0.05, 0) is 43.5 Å². The third-order valence-corrected chi connectivity index (χ3v) is 2.98. The first-order valence-electron chi connectivity index (χ1n) is 5.85. The Morgan fingerprint density at radius 1 is 1.33 bits per heavy atom. The quantitative estimate of drug-likeness (QED) is 0.711. The molecule has 0 saturated heterocycles. The molecule has 0 fully saturated rings. The molecule has 1 aromatic heterocycles. The molecule has 108 valence electrons. The van der Waals surface area contributed by atoms with Gasteiger partial charge in [-0.1, -0.05) is 18.2 Å². The third kappa shape index (κ3) is 3.58. The first-order valence-corrected chi connectivity index (χ1v) is 6.66. The number of hydrogen-bond acceptors (Lipinski definition) is 5. The summed E-state index contributed by atoms with van der Waals surface area (Å²) in [5.41, 5.74) is 2.76. The Kier molecular flexibility index (Phi) is 4.55. The average molecular weight is 321 g/mol. The summed E-state index contributed by atoms with van der Waals surface area (Å²) in [6.07, 6.45) is 0. The van der Waals surface area contributed by atoms with Crippen LogP contribution in [-0.2, 0) is 0 Å². The fraction of sp³-hybridized carbons (Fsp3) is 0.0833. The Balaban J connectivity index is 2.13. The van der Waals surface area contributed by atoms with E-state index in [9.17, 15) is 9.59 Å². The van der Waals surface area contributed by atoms with Crippen molar-refractivity contribution in [2.24, 2.45) is 0 Å². The molecule has 9 heteroatoms. The maximum Gasteiger partial charge on any atom is 0.294 e. The van der Waals surface area contributed by atoms with Gasteiger partial charge >= 0.3 is 0 Å². The summed E-state index contributed by atoms with van der Waals surface area (Å²) in [5.74, 6) is -0.387. The molecule has 0 aliphatic heterocycles. The van der Waals surface area contributed by atoms with E-state index in [4.69, 9.17) is 24.4 Å². The number of hydrogen-bond donors (Lipinski definition) is 3. The molecule has 0 aliphatic carbocycles. The third-order valence-electron chi connectivity index (χ3n) is 2.51. The molecule has 0 bridgehead atoms. The standard InChI is InChI=1S/C12H11N5O2S2/c1-7-10(19)17(12(21)15-14-7)16-11(20)13-9(18)8-5-3-2-4-6-8/h2-6H,1H3,(H,15,21)(H2,13,16,18,20). The molecule has 7 nitrogen and oxygen atoms in total. The largest absolute Gasteiger partial charge is 0.298 e. The lowest BCUT2D eigenvalue weighted by atomic mass is 10.2. The normalized spacial score (nSPS) is 9.95. The van der Waals surface area contributed by atoms with Gasteiger partial charge in [0.05, 0.1) is 0 Å². The lowest BCUT2D eigenvalue weighted by molar-refractivity contribution is 0.0977. The van der Waals surface area contributed by atoms with Crippen molar-refractivity contribution < 1.29 is 4.79 Å². The molecule has 2 rings (SSSR count). The number of aryl methyl sites for hydroxylation is 1. The highest BCUT2D eigenvalue weighted by Gasteiger charge is 2.09. The maximum absolute atomic E-state index is 11.9. The number of aromatic amines is 1. The van der Waals surface area contributed by atoms with Crippen LogP contribution in [-0.4, -0.2) is 25.9 Å². The Labute approximate surface area is 130 Å². The first kappa shape index (κ1) is 15.0. The fourth-order valence-corrected chi connectivity index (χ4v) is 1.84. The predicted octanol–water partition coefficient (Wildman–Crippen LogP) is 0.868. The van der Waals surface area contributed by atoms with Gasteiger partial charge in [0.15, 0.2) is 5.11 Å². The lowest BCUT2D eigenvalue weighted by Gasteiger charge is -2.11. The van der Waals surface area contributed by atoms with Gasteiger partial charge in [-0.2, -0.15) is 9.77 Å². The molecule has 1 amide bonds. The van der Waals surface area contributed by atoms with E-state index >= 15 is 0 Å². The van der Waals surface area contributed by atoms with Crippen LogP contribution in [0.5, 0.6) is 0 Å². The van der Waals surface area contributed by atoms with Gasteiger partial charge in [0.2, 0.25) is 4.77 Å². The van der Waals surface area contributed by atoms with Crippen LogP contribution in [0, 0.1) is 11.7 Å². The molecular weight excluding hydrogens is 310 g/mol. The summed E-state index contributed by atoms with van der Waals surface area (Å²) in [6.45, 7) is 1.53. The average Bonchev–Trinajstić information content (AvgIpc) is 2.48. The topological polar surface area (TPSA) is 91.8 Å². The molecule has 1 aromatic carbocycles. The SMILES string of the molecule is Cc1n[nH]c(=S)n(NC(=S)NC(=O)c2ccccc2)c1=O. The minimum Gasteiger partial charge on any atom is -0.298 e. The van der Waals surface area contributed by atoms with Crippen LogP contribution in [0.4, 0.5) is 0 Å². The van der Waals surface area contributed by atoms with E-state index in [2.05, 4.69) is 20.9 Å². The van der Waals surface area contributed by atoms with E-state index in [1.165, 1.54) is 6.92 Å². The molecule has 21 heavy (non-hydrogen) atoms. The zero-order chi connectivity index (χ0) is 15.4. The van der Waals surface area contributed by atoms with Gasteiger partial charge in [-0.3, -0.25) is 25.4 Å². The number of benzene rings is 1. The van der Waals surface area contributed by atoms with Crippen LogP contribution in [0.25, 0.3) is 0 Å². The van der Waals surface area contributed by atoms with Crippen LogP contribution >= 0.6 is 24.4 Å². The number of aromatic nitrogens is 3. The Morgan fingerprint density at radius 2 is 2.00 bits per heavy atom. The highest BCUT2D eigenvalue weighted by molar-refractivity contribution is 7.80. The molecule has 2 aromatic rings. The number of nitrogens with zero attached hydrogens (tertiary/aromatic N) is 2. The van der Waals surface area contributed by atoms with Gasteiger partial charge in [0.1, 0.15) is 5.69 Å². The highest BCUT2D eigenvalue weighted by Crippen LogP contribution is 1.97. The number of carbonyl (C=O) groups excluding carboxylic acids is 1. The van der Waals surface area contributed by atoms with E-state index in [1.54, 1.807) is 30.3 Å². The number of carbonyl (C=O) groups is 1. The van der Waals surface area contributed by atoms with Crippen molar-refractivity contribution in [1.82, 2.24) is 20.2 Å². The number of rotatable bonds is 2. The molecule has 0 unspecified atom stereocenters. The maximum atomic E-state index is 11.9. The van der Waals surface area contributed by atoms with Crippen molar-refractivity contribution in [3.05, 3.63) is 56.7 Å². The molecule has 0 atom stereocenters. The monoisotopic (exact) mass is 321 g/mol.